The van der Waals surface area contributed by atoms with Gasteiger partial charge in [-0.05, 0) is 4.53 Å². The molecule has 0 radical (unpaired) electrons. The van der Waals surface area contributed by atoms with Gasteiger partial charge in [-0.15, -0.1) is 0 Å². The van der Waals surface area contributed by atoms with Crippen molar-refractivity contribution >= 4 is 17.0 Å². The predicted octanol–water partition coefficient (Wildman–Crippen LogP) is -1.07. The molecule has 20 heavy (non-hydrogen) atoms. The number of aromatic nitrogens is 4. The molecule has 3 rings (SSSR count). The zero-order valence-corrected chi connectivity index (χ0v) is 10.1. The van der Waals surface area contributed by atoms with E-state index in [0.29, 0.717) is 11.2 Å². The first kappa shape index (κ1) is 13.1. The average molecular weight is 285 g/mol. The lowest BCUT2D eigenvalue weighted by Crippen LogP contribution is -2.33. The molecular weight excluding hydrogens is 273 g/mol. The van der Waals surface area contributed by atoms with Crippen molar-refractivity contribution in [1.82, 2.24) is 19.5 Å². The van der Waals surface area contributed by atoms with E-state index in [2.05, 4.69) is 19.9 Å². The fourth-order valence-corrected chi connectivity index (χ4v) is 2.22. The quantitative estimate of drug-likeness (QED) is 0.650. The minimum Gasteiger partial charge on any atom is -0.387 e. The van der Waals surface area contributed by atoms with Crippen molar-refractivity contribution in [3.05, 3.63) is 12.7 Å². The highest BCUT2D eigenvalue weighted by Crippen LogP contribution is 2.31. The summed E-state index contributed by atoms with van der Waals surface area (Å²) in [6.07, 6.45) is -1.91. The van der Waals surface area contributed by atoms with Gasteiger partial charge in [-0.25, -0.2) is 15.0 Å². The molecule has 108 valence electrons. The van der Waals surface area contributed by atoms with Crippen LogP contribution in [0, 0.1) is 0 Å². The third kappa shape index (κ3) is 1.89. The van der Waals surface area contributed by atoms with E-state index in [1.165, 1.54) is 17.2 Å². The van der Waals surface area contributed by atoms with Crippen molar-refractivity contribution in [3.63, 3.8) is 0 Å². The zero-order chi connectivity index (χ0) is 14.3. The second-order valence-corrected chi connectivity index (χ2v) is 4.41. The van der Waals surface area contributed by atoms with Gasteiger partial charge in [0.25, 0.3) is 0 Å². The molecule has 0 aromatic carbocycles. The number of fused-ring (bicyclic) bond motifs is 1. The largest absolute Gasteiger partial charge is 0.387 e. The lowest BCUT2D eigenvalue weighted by Gasteiger charge is -2.16. The third-order valence-electron chi connectivity index (χ3n) is 3.23. The molecule has 1 aliphatic heterocycles. The number of nitrogens with two attached hydrogens (primary N) is 1. The average Bonchev–Trinajstić information content (AvgIpc) is 2.97. The Kier molecular flexibility index (Phi) is 3.22. The molecule has 1 aliphatic rings. The summed E-state index contributed by atoms with van der Waals surface area (Å²) in [5.74, 6) is 0.186. The number of nitrogens with zero attached hydrogens (tertiary/aromatic N) is 4. The van der Waals surface area contributed by atoms with E-state index < -0.39 is 31.1 Å². The van der Waals surface area contributed by atoms with Gasteiger partial charge in [-0.3, -0.25) is 4.57 Å². The van der Waals surface area contributed by atoms with Crippen molar-refractivity contribution in [2.24, 2.45) is 0 Å². The van der Waals surface area contributed by atoms with Gasteiger partial charge in [0.1, 0.15) is 36.8 Å². The Morgan fingerprint density at radius 1 is 1.35 bits per heavy atom. The fourth-order valence-electron chi connectivity index (χ4n) is 2.22. The number of aliphatic hydroxyl groups is 2. The van der Waals surface area contributed by atoms with Crippen molar-refractivity contribution in [2.75, 3.05) is 12.3 Å². The molecule has 0 saturated carbocycles. The molecule has 2 unspecified atom stereocenters. The Hall–Kier alpha value is -1.88. The van der Waals surface area contributed by atoms with Crippen molar-refractivity contribution < 1.29 is 24.4 Å². The lowest BCUT2D eigenvalue weighted by atomic mass is 10.1. The number of hydrogen-bond acceptors (Lipinski definition) is 8. The van der Waals surface area contributed by atoms with Crippen LogP contribution in [-0.2, 0) is 9.68 Å². The summed E-state index contributed by atoms with van der Waals surface area (Å²) < 4.78 is 18.7. The Balaban J connectivity index is 1.97. The molecular formula is C10H12FN5O4. The summed E-state index contributed by atoms with van der Waals surface area (Å²) in [4.78, 5) is 15.3. The van der Waals surface area contributed by atoms with Gasteiger partial charge in [0, 0.05) is 0 Å². The van der Waals surface area contributed by atoms with Gasteiger partial charge in [0.15, 0.2) is 17.7 Å². The minimum absolute atomic E-state index is 0.186. The van der Waals surface area contributed by atoms with E-state index in [1.54, 1.807) is 0 Å². The topological polar surface area (TPSA) is 129 Å². The highest BCUT2D eigenvalue weighted by atomic mass is 19.3. The molecule has 1 fully saturated rings. The first-order chi connectivity index (χ1) is 9.63. The van der Waals surface area contributed by atoms with Crippen LogP contribution in [-0.4, -0.2) is 54.7 Å². The standard InChI is InChI=1S/C10H12FN5O4/c11-19-1-4-6(17)7(18)10(20-4)16-3-15-5-8(12)13-2-14-9(5)16/h2-4,6-7,10,17-18H,1H2,(H2,12,13,14)/t4-,6?,7?,10-/m1/s1. The van der Waals surface area contributed by atoms with Crippen LogP contribution in [0.25, 0.3) is 11.2 Å². The minimum atomic E-state index is -1.28. The number of rotatable bonds is 3. The summed E-state index contributed by atoms with van der Waals surface area (Å²) >= 11 is 0. The number of hydrogen-bond donors (Lipinski definition) is 3. The summed E-state index contributed by atoms with van der Waals surface area (Å²) in [7, 11) is 0. The molecule has 3 heterocycles. The van der Waals surface area contributed by atoms with Crippen LogP contribution in [0.3, 0.4) is 0 Å². The number of nitrogen functional groups attached to an aromatic ring is 1. The predicted molar refractivity (Wildman–Crippen MR) is 62.7 cm³/mol. The van der Waals surface area contributed by atoms with Crippen LogP contribution >= 0.6 is 0 Å². The number of ether oxygens (including phenoxy) is 1. The van der Waals surface area contributed by atoms with Gasteiger partial charge >= 0.3 is 0 Å². The molecule has 4 atom stereocenters. The van der Waals surface area contributed by atoms with Gasteiger partial charge in [0.05, 0.1) is 6.33 Å². The summed E-state index contributed by atoms with van der Waals surface area (Å²) in [6, 6.07) is 0. The van der Waals surface area contributed by atoms with E-state index in [9.17, 15) is 14.7 Å². The Morgan fingerprint density at radius 2 is 2.15 bits per heavy atom. The molecule has 1 saturated heterocycles. The molecule has 0 bridgehead atoms. The van der Waals surface area contributed by atoms with E-state index in [4.69, 9.17) is 10.5 Å². The molecule has 0 aliphatic carbocycles. The molecule has 0 amide bonds. The monoisotopic (exact) mass is 285 g/mol. The summed E-state index contributed by atoms with van der Waals surface area (Å²) in [6.45, 7) is -0.488. The van der Waals surface area contributed by atoms with Gasteiger partial charge in [-0.2, -0.15) is 4.94 Å². The van der Waals surface area contributed by atoms with E-state index in [-0.39, 0.29) is 5.82 Å². The van der Waals surface area contributed by atoms with Crippen molar-refractivity contribution in [2.45, 2.75) is 24.5 Å². The second-order valence-electron chi connectivity index (χ2n) is 4.41. The molecule has 10 heteroatoms. The number of aliphatic hydroxyl groups excluding tert-OH is 2. The SMILES string of the molecule is Nc1ncnc2c1ncn2[C@@H]1O[C@H](COF)C(O)C1O. The fraction of sp³-hybridized carbons (Fsp3) is 0.500. The second kappa shape index (κ2) is 4.90. The van der Waals surface area contributed by atoms with Crippen LogP contribution in [0.5, 0.6) is 0 Å². The Morgan fingerprint density at radius 3 is 2.90 bits per heavy atom. The van der Waals surface area contributed by atoms with Crippen molar-refractivity contribution in [1.29, 1.82) is 0 Å². The van der Waals surface area contributed by atoms with Gasteiger partial charge in [0.2, 0.25) is 0 Å². The number of anilines is 1. The number of imidazole rings is 1. The van der Waals surface area contributed by atoms with Crippen molar-refractivity contribution in [3.8, 4) is 0 Å². The maximum absolute atomic E-state index is 11.9. The first-order valence-corrected chi connectivity index (χ1v) is 5.81. The Labute approximate surface area is 111 Å². The van der Waals surface area contributed by atoms with Crippen LogP contribution in [0.2, 0.25) is 0 Å². The normalized spacial score (nSPS) is 30.1. The maximum atomic E-state index is 11.9. The summed E-state index contributed by atoms with van der Waals surface area (Å²) in [5, 5.41) is 19.8. The highest BCUT2D eigenvalue weighted by molar-refractivity contribution is 5.81. The third-order valence-corrected chi connectivity index (χ3v) is 3.23. The summed E-state index contributed by atoms with van der Waals surface area (Å²) in [5.41, 5.74) is 6.35. The van der Waals surface area contributed by atoms with E-state index in [1.807, 2.05) is 0 Å². The first-order valence-electron chi connectivity index (χ1n) is 5.81. The maximum Gasteiger partial charge on any atom is 0.167 e. The zero-order valence-electron chi connectivity index (χ0n) is 10.1. The van der Waals surface area contributed by atoms with Gasteiger partial charge in [-0.1, -0.05) is 0 Å². The van der Waals surface area contributed by atoms with Crippen LogP contribution in [0.4, 0.5) is 10.3 Å². The molecule has 0 spiro atoms. The smallest absolute Gasteiger partial charge is 0.167 e. The molecule has 2 aromatic heterocycles. The Bertz CT molecular complexity index is 623. The number of halogens is 1. The van der Waals surface area contributed by atoms with Crippen LogP contribution < -0.4 is 5.73 Å². The van der Waals surface area contributed by atoms with E-state index >= 15 is 0 Å². The highest BCUT2D eigenvalue weighted by Gasteiger charge is 2.44. The lowest BCUT2D eigenvalue weighted by molar-refractivity contribution is -0.176. The molecule has 2 aromatic rings. The molecule has 4 N–H and O–H groups in total. The van der Waals surface area contributed by atoms with Crippen LogP contribution in [0.1, 0.15) is 6.23 Å². The van der Waals surface area contributed by atoms with Gasteiger partial charge < -0.3 is 20.7 Å². The van der Waals surface area contributed by atoms with E-state index in [0.717, 1.165) is 0 Å². The van der Waals surface area contributed by atoms with Crippen LogP contribution in [0.15, 0.2) is 12.7 Å². The molecule has 9 nitrogen and oxygen atoms in total.